The second-order valence-corrected chi connectivity index (χ2v) is 3.09. The second kappa shape index (κ2) is 4.98. The zero-order chi connectivity index (χ0) is 8.81. The number of urea groups is 1. The summed E-state index contributed by atoms with van der Waals surface area (Å²) in [6.07, 6.45) is 3.52. The molecule has 0 saturated carbocycles. The van der Waals surface area contributed by atoms with Crippen molar-refractivity contribution in [3.63, 3.8) is 0 Å². The monoisotopic (exact) mass is 171 g/mol. The van der Waals surface area contributed by atoms with Crippen LogP contribution in [0.25, 0.3) is 0 Å². The summed E-state index contributed by atoms with van der Waals surface area (Å²) in [4.78, 5) is 10.7. The summed E-state index contributed by atoms with van der Waals surface area (Å²) >= 11 is 0. The Bertz CT molecular complexity index is 145. The molecule has 2 amide bonds. The lowest BCUT2D eigenvalue weighted by Crippen LogP contribution is -2.43. The number of nitrogens with one attached hydrogen (secondary N) is 3. The molecule has 0 spiro atoms. The van der Waals surface area contributed by atoms with Gasteiger partial charge in [-0.05, 0) is 25.8 Å². The number of hydrogen-bond donors (Lipinski definition) is 3. The molecule has 4 heteroatoms. The molecule has 1 aliphatic heterocycles. The summed E-state index contributed by atoms with van der Waals surface area (Å²) in [5, 5.41) is 8.59. The smallest absolute Gasteiger partial charge is 0.314 e. The first kappa shape index (κ1) is 9.32. The maximum atomic E-state index is 10.7. The van der Waals surface area contributed by atoms with E-state index in [9.17, 15) is 4.79 Å². The summed E-state index contributed by atoms with van der Waals surface area (Å²) in [6, 6.07) is 0.619. The second-order valence-electron chi connectivity index (χ2n) is 3.09. The van der Waals surface area contributed by atoms with Crippen LogP contribution in [0.5, 0.6) is 0 Å². The molecule has 1 saturated heterocycles. The average Bonchev–Trinajstić information content (AvgIpc) is 2.00. The molecule has 1 rings (SSSR count). The first-order valence-electron chi connectivity index (χ1n) is 4.52. The fourth-order valence-electron chi connectivity index (χ4n) is 1.23. The van der Waals surface area contributed by atoms with E-state index >= 15 is 0 Å². The van der Waals surface area contributed by atoms with Crippen molar-refractivity contribution in [3.8, 4) is 0 Å². The standard InChI is InChI=1S/C8H17N3O/c1-9-8(12)11-5-2-3-7-4-6-10-7/h7,10H,2-6H2,1H3,(H2,9,11,12). The molecule has 0 aromatic rings. The number of hydrogen-bond acceptors (Lipinski definition) is 2. The maximum Gasteiger partial charge on any atom is 0.314 e. The molecule has 1 atom stereocenters. The van der Waals surface area contributed by atoms with Gasteiger partial charge in [0.05, 0.1) is 0 Å². The molecule has 0 aromatic heterocycles. The molecule has 12 heavy (non-hydrogen) atoms. The minimum atomic E-state index is -0.0865. The summed E-state index contributed by atoms with van der Waals surface area (Å²) in [5.41, 5.74) is 0. The molecule has 0 aliphatic carbocycles. The van der Waals surface area contributed by atoms with E-state index in [1.165, 1.54) is 12.8 Å². The fourth-order valence-corrected chi connectivity index (χ4v) is 1.23. The quantitative estimate of drug-likeness (QED) is 0.524. The van der Waals surface area contributed by atoms with Crippen molar-refractivity contribution in [1.82, 2.24) is 16.0 Å². The minimum Gasteiger partial charge on any atom is -0.341 e. The molecule has 0 radical (unpaired) electrons. The Morgan fingerprint density at radius 3 is 2.92 bits per heavy atom. The van der Waals surface area contributed by atoms with Crippen LogP contribution in [-0.4, -0.2) is 32.2 Å². The Morgan fingerprint density at radius 2 is 2.42 bits per heavy atom. The summed E-state index contributed by atoms with van der Waals surface area (Å²) in [6.45, 7) is 1.94. The molecule has 1 fully saturated rings. The van der Waals surface area contributed by atoms with Crippen LogP contribution in [0.1, 0.15) is 19.3 Å². The number of carbonyl (C=O) groups excluding carboxylic acids is 1. The van der Waals surface area contributed by atoms with E-state index in [2.05, 4.69) is 16.0 Å². The molecule has 0 bridgehead atoms. The van der Waals surface area contributed by atoms with Crippen molar-refractivity contribution in [3.05, 3.63) is 0 Å². The highest BCUT2D eigenvalue weighted by Gasteiger charge is 2.14. The lowest BCUT2D eigenvalue weighted by molar-refractivity contribution is 0.242. The predicted octanol–water partition coefficient (Wildman–Crippen LogP) is 0.0575. The Labute approximate surface area is 73.1 Å². The van der Waals surface area contributed by atoms with E-state index in [1.54, 1.807) is 7.05 Å². The summed E-state index contributed by atoms with van der Waals surface area (Å²) in [5.74, 6) is 0. The first-order valence-corrected chi connectivity index (χ1v) is 4.52. The highest BCUT2D eigenvalue weighted by atomic mass is 16.2. The first-order chi connectivity index (χ1) is 5.83. The number of carbonyl (C=O) groups is 1. The predicted molar refractivity (Wildman–Crippen MR) is 48.1 cm³/mol. The lowest BCUT2D eigenvalue weighted by atomic mass is 10.0. The number of amides is 2. The van der Waals surface area contributed by atoms with Gasteiger partial charge in [0.1, 0.15) is 0 Å². The highest BCUT2D eigenvalue weighted by molar-refractivity contribution is 5.73. The van der Waals surface area contributed by atoms with E-state index in [-0.39, 0.29) is 6.03 Å². The third-order valence-corrected chi connectivity index (χ3v) is 2.17. The van der Waals surface area contributed by atoms with Gasteiger partial charge in [0.25, 0.3) is 0 Å². The van der Waals surface area contributed by atoms with Gasteiger partial charge in [0.15, 0.2) is 0 Å². The molecule has 1 heterocycles. The molecule has 70 valence electrons. The molecular formula is C8H17N3O. The molecule has 1 aliphatic rings. The van der Waals surface area contributed by atoms with Crippen LogP contribution in [0.2, 0.25) is 0 Å². The normalized spacial score (nSPS) is 21.2. The summed E-state index contributed by atoms with van der Waals surface area (Å²) in [7, 11) is 1.63. The van der Waals surface area contributed by atoms with Gasteiger partial charge >= 0.3 is 6.03 Å². The maximum absolute atomic E-state index is 10.7. The van der Waals surface area contributed by atoms with Crippen molar-refractivity contribution < 1.29 is 4.79 Å². The fraction of sp³-hybridized carbons (Fsp3) is 0.875. The molecule has 4 nitrogen and oxygen atoms in total. The van der Waals surface area contributed by atoms with Crippen molar-refractivity contribution in [1.29, 1.82) is 0 Å². The van der Waals surface area contributed by atoms with Gasteiger partial charge in [-0.1, -0.05) is 0 Å². The van der Waals surface area contributed by atoms with Crippen molar-refractivity contribution in [2.45, 2.75) is 25.3 Å². The Balaban J connectivity index is 1.85. The van der Waals surface area contributed by atoms with Gasteiger partial charge in [0.2, 0.25) is 0 Å². The van der Waals surface area contributed by atoms with Crippen LogP contribution >= 0.6 is 0 Å². The van der Waals surface area contributed by atoms with Crippen molar-refractivity contribution >= 4 is 6.03 Å². The highest BCUT2D eigenvalue weighted by Crippen LogP contribution is 2.07. The van der Waals surface area contributed by atoms with Gasteiger partial charge in [-0.25, -0.2) is 4.79 Å². The SMILES string of the molecule is CNC(=O)NCCCC1CCN1. The van der Waals surface area contributed by atoms with Gasteiger partial charge in [-0.3, -0.25) is 0 Å². The average molecular weight is 171 g/mol. The van der Waals surface area contributed by atoms with E-state index in [0.717, 1.165) is 19.5 Å². The van der Waals surface area contributed by atoms with Crippen molar-refractivity contribution in [2.75, 3.05) is 20.1 Å². The Morgan fingerprint density at radius 1 is 1.67 bits per heavy atom. The van der Waals surface area contributed by atoms with Gasteiger partial charge in [0, 0.05) is 19.6 Å². The topological polar surface area (TPSA) is 53.2 Å². The van der Waals surface area contributed by atoms with E-state index in [4.69, 9.17) is 0 Å². The zero-order valence-electron chi connectivity index (χ0n) is 7.52. The van der Waals surface area contributed by atoms with Crippen LogP contribution in [0, 0.1) is 0 Å². The number of rotatable bonds is 4. The van der Waals surface area contributed by atoms with E-state index in [0.29, 0.717) is 6.04 Å². The zero-order valence-corrected chi connectivity index (χ0v) is 7.52. The molecule has 0 aromatic carbocycles. The van der Waals surface area contributed by atoms with Crippen LogP contribution in [0.3, 0.4) is 0 Å². The molecular weight excluding hydrogens is 154 g/mol. The van der Waals surface area contributed by atoms with Crippen molar-refractivity contribution in [2.24, 2.45) is 0 Å². The molecule has 3 N–H and O–H groups in total. The van der Waals surface area contributed by atoms with Crippen LogP contribution in [0.15, 0.2) is 0 Å². The van der Waals surface area contributed by atoms with Crippen LogP contribution < -0.4 is 16.0 Å². The van der Waals surface area contributed by atoms with Crippen LogP contribution in [-0.2, 0) is 0 Å². The van der Waals surface area contributed by atoms with E-state index in [1.807, 2.05) is 0 Å². The third kappa shape index (κ3) is 3.09. The van der Waals surface area contributed by atoms with Gasteiger partial charge in [-0.15, -0.1) is 0 Å². The summed E-state index contributed by atoms with van der Waals surface area (Å²) < 4.78 is 0. The Hall–Kier alpha value is -0.770. The third-order valence-electron chi connectivity index (χ3n) is 2.17. The largest absolute Gasteiger partial charge is 0.341 e. The minimum absolute atomic E-state index is 0.0865. The molecule has 1 unspecified atom stereocenters. The van der Waals surface area contributed by atoms with E-state index < -0.39 is 0 Å². The Kier molecular flexibility index (Phi) is 3.87. The van der Waals surface area contributed by atoms with Gasteiger partial charge < -0.3 is 16.0 Å². The van der Waals surface area contributed by atoms with Gasteiger partial charge in [-0.2, -0.15) is 0 Å². The lowest BCUT2D eigenvalue weighted by Gasteiger charge is -2.27. The van der Waals surface area contributed by atoms with Crippen LogP contribution in [0.4, 0.5) is 4.79 Å².